The number of hydrogen-bond donors (Lipinski definition) is 1. The SMILES string of the molecule is CCCc1nc(N)c(C)c(N2CCCC(C)CC2)n1. The van der Waals surface area contributed by atoms with Gasteiger partial charge in [-0.15, -0.1) is 0 Å². The van der Waals surface area contributed by atoms with Crippen LogP contribution in [0.4, 0.5) is 11.6 Å². The summed E-state index contributed by atoms with van der Waals surface area (Å²) in [6.07, 6.45) is 5.76. The maximum Gasteiger partial charge on any atom is 0.137 e. The molecule has 1 unspecified atom stereocenters. The summed E-state index contributed by atoms with van der Waals surface area (Å²) in [6.45, 7) is 8.70. The van der Waals surface area contributed by atoms with E-state index in [1.54, 1.807) is 0 Å². The van der Waals surface area contributed by atoms with Crippen LogP contribution in [-0.2, 0) is 6.42 Å². The number of aryl methyl sites for hydroxylation is 1. The molecule has 1 atom stereocenters. The minimum absolute atomic E-state index is 0.644. The summed E-state index contributed by atoms with van der Waals surface area (Å²) in [7, 11) is 0. The predicted molar refractivity (Wildman–Crippen MR) is 80.4 cm³/mol. The fraction of sp³-hybridized carbons (Fsp3) is 0.733. The van der Waals surface area contributed by atoms with Gasteiger partial charge >= 0.3 is 0 Å². The molecule has 0 saturated carbocycles. The Hall–Kier alpha value is -1.32. The van der Waals surface area contributed by atoms with E-state index in [1.165, 1.54) is 19.3 Å². The molecule has 1 fully saturated rings. The fourth-order valence-corrected chi connectivity index (χ4v) is 2.69. The highest BCUT2D eigenvalue weighted by molar-refractivity contribution is 5.56. The van der Waals surface area contributed by atoms with Crippen LogP contribution >= 0.6 is 0 Å². The van der Waals surface area contributed by atoms with Crippen molar-refractivity contribution in [2.24, 2.45) is 5.92 Å². The molecule has 2 N–H and O–H groups in total. The second kappa shape index (κ2) is 6.22. The van der Waals surface area contributed by atoms with Crippen LogP contribution in [0, 0.1) is 12.8 Å². The van der Waals surface area contributed by atoms with E-state index in [1.807, 2.05) is 6.92 Å². The van der Waals surface area contributed by atoms with E-state index in [4.69, 9.17) is 10.7 Å². The Morgan fingerprint density at radius 1 is 1.26 bits per heavy atom. The standard InChI is InChI=1S/C15H26N4/c1-4-6-13-17-14(16)12(3)15(18-13)19-9-5-7-11(2)8-10-19/h11H,4-10H2,1-3H3,(H2,16,17,18). The molecule has 106 valence electrons. The van der Waals surface area contributed by atoms with Gasteiger partial charge in [0.05, 0.1) is 0 Å². The van der Waals surface area contributed by atoms with E-state index in [0.29, 0.717) is 5.82 Å². The fourth-order valence-electron chi connectivity index (χ4n) is 2.69. The second-order valence-corrected chi connectivity index (χ2v) is 5.75. The summed E-state index contributed by atoms with van der Waals surface area (Å²) in [6, 6.07) is 0. The van der Waals surface area contributed by atoms with Crippen molar-refractivity contribution in [1.29, 1.82) is 0 Å². The van der Waals surface area contributed by atoms with Crippen molar-refractivity contribution < 1.29 is 0 Å². The van der Waals surface area contributed by atoms with Crippen molar-refractivity contribution in [3.63, 3.8) is 0 Å². The Kier molecular flexibility index (Phi) is 4.61. The van der Waals surface area contributed by atoms with Gasteiger partial charge in [-0.1, -0.05) is 13.8 Å². The van der Waals surface area contributed by atoms with Gasteiger partial charge < -0.3 is 10.6 Å². The number of aromatic nitrogens is 2. The summed E-state index contributed by atoms with van der Waals surface area (Å²) in [5, 5.41) is 0. The van der Waals surface area contributed by atoms with Crippen LogP contribution in [0.2, 0.25) is 0 Å². The summed E-state index contributed by atoms with van der Waals surface area (Å²) < 4.78 is 0. The van der Waals surface area contributed by atoms with Crippen LogP contribution < -0.4 is 10.6 Å². The molecule has 1 aromatic heterocycles. The van der Waals surface area contributed by atoms with E-state index in [9.17, 15) is 0 Å². The van der Waals surface area contributed by atoms with E-state index in [0.717, 1.165) is 49.1 Å². The lowest BCUT2D eigenvalue weighted by Crippen LogP contribution is -2.27. The minimum atomic E-state index is 0.644. The maximum atomic E-state index is 6.05. The lowest BCUT2D eigenvalue weighted by atomic mass is 10.0. The van der Waals surface area contributed by atoms with Crippen LogP contribution in [0.3, 0.4) is 0 Å². The van der Waals surface area contributed by atoms with E-state index in [-0.39, 0.29) is 0 Å². The molecule has 2 heterocycles. The molecule has 4 nitrogen and oxygen atoms in total. The average Bonchev–Trinajstić information content (AvgIpc) is 2.59. The molecule has 4 heteroatoms. The average molecular weight is 262 g/mol. The zero-order valence-electron chi connectivity index (χ0n) is 12.4. The first-order valence-electron chi connectivity index (χ1n) is 7.49. The highest BCUT2D eigenvalue weighted by Crippen LogP contribution is 2.26. The van der Waals surface area contributed by atoms with Crippen LogP contribution in [0.1, 0.15) is 50.9 Å². The molecule has 0 radical (unpaired) electrons. The van der Waals surface area contributed by atoms with Gasteiger partial charge in [0.1, 0.15) is 17.5 Å². The molecule has 1 aromatic rings. The predicted octanol–water partition coefficient (Wildman–Crippen LogP) is 2.95. The third-order valence-electron chi connectivity index (χ3n) is 3.99. The Bertz CT molecular complexity index is 430. The number of anilines is 2. The summed E-state index contributed by atoms with van der Waals surface area (Å²) in [5.74, 6) is 3.41. The molecular weight excluding hydrogens is 236 g/mol. The molecule has 1 aliphatic rings. The summed E-state index contributed by atoms with van der Waals surface area (Å²) >= 11 is 0. The van der Waals surface area contributed by atoms with Crippen molar-refractivity contribution in [2.45, 2.75) is 52.9 Å². The molecule has 0 aromatic carbocycles. The summed E-state index contributed by atoms with van der Waals surface area (Å²) in [4.78, 5) is 11.5. The maximum absolute atomic E-state index is 6.05. The highest BCUT2D eigenvalue weighted by atomic mass is 15.2. The van der Waals surface area contributed by atoms with Gasteiger partial charge in [0.15, 0.2) is 0 Å². The Balaban J connectivity index is 2.26. The number of hydrogen-bond acceptors (Lipinski definition) is 4. The van der Waals surface area contributed by atoms with Gasteiger partial charge in [0.2, 0.25) is 0 Å². The molecular formula is C15H26N4. The Morgan fingerprint density at radius 2 is 2.05 bits per heavy atom. The summed E-state index contributed by atoms with van der Waals surface area (Å²) in [5.41, 5.74) is 7.08. The van der Waals surface area contributed by atoms with Crippen LogP contribution in [0.15, 0.2) is 0 Å². The van der Waals surface area contributed by atoms with Crippen molar-refractivity contribution >= 4 is 11.6 Å². The molecule has 0 aliphatic carbocycles. The van der Waals surface area contributed by atoms with Crippen molar-refractivity contribution in [1.82, 2.24) is 9.97 Å². The number of nitrogen functional groups attached to an aromatic ring is 1. The monoisotopic (exact) mass is 262 g/mol. The number of nitrogens with zero attached hydrogens (tertiary/aromatic N) is 3. The number of nitrogens with two attached hydrogens (primary N) is 1. The molecule has 0 amide bonds. The van der Waals surface area contributed by atoms with Crippen molar-refractivity contribution in [2.75, 3.05) is 23.7 Å². The van der Waals surface area contributed by atoms with Crippen molar-refractivity contribution in [3.8, 4) is 0 Å². The van der Waals surface area contributed by atoms with E-state index < -0.39 is 0 Å². The smallest absolute Gasteiger partial charge is 0.137 e. The molecule has 2 rings (SSSR count). The normalized spacial score (nSPS) is 20.4. The largest absolute Gasteiger partial charge is 0.383 e. The van der Waals surface area contributed by atoms with Crippen LogP contribution in [0.5, 0.6) is 0 Å². The second-order valence-electron chi connectivity index (χ2n) is 5.75. The van der Waals surface area contributed by atoms with Gasteiger partial charge in [-0.05, 0) is 38.5 Å². The van der Waals surface area contributed by atoms with Gasteiger partial charge in [0, 0.05) is 25.1 Å². The quantitative estimate of drug-likeness (QED) is 0.910. The van der Waals surface area contributed by atoms with E-state index in [2.05, 4.69) is 23.7 Å². The lowest BCUT2D eigenvalue weighted by molar-refractivity contribution is 0.521. The molecule has 1 aliphatic heterocycles. The first-order valence-corrected chi connectivity index (χ1v) is 7.49. The lowest BCUT2D eigenvalue weighted by Gasteiger charge is -2.24. The Morgan fingerprint density at radius 3 is 2.79 bits per heavy atom. The molecule has 19 heavy (non-hydrogen) atoms. The van der Waals surface area contributed by atoms with Gasteiger partial charge in [-0.3, -0.25) is 0 Å². The van der Waals surface area contributed by atoms with E-state index >= 15 is 0 Å². The molecule has 0 spiro atoms. The first-order chi connectivity index (χ1) is 9.11. The zero-order valence-corrected chi connectivity index (χ0v) is 12.4. The highest BCUT2D eigenvalue weighted by Gasteiger charge is 2.18. The third-order valence-corrected chi connectivity index (χ3v) is 3.99. The van der Waals surface area contributed by atoms with Crippen molar-refractivity contribution in [3.05, 3.63) is 11.4 Å². The van der Waals surface area contributed by atoms with Gasteiger partial charge in [0.25, 0.3) is 0 Å². The number of rotatable bonds is 3. The third kappa shape index (κ3) is 3.37. The topological polar surface area (TPSA) is 55.0 Å². The Labute approximate surface area is 116 Å². The van der Waals surface area contributed by atoms with Crippen LogP contribution in [-0.4, -0.2) is 23.1 Å². The first kappa shape index (κ1) is 14.1. The van der Waals surface area contributed by atoms with Crippen LogP contribution in [0.25, 0.3) is 0 Å². The minimum Gasteiger partial charge on any atom is -0.383 e. The van der Waals surface area contributed by atoms with Gasteiger partial charge in [-0.2, -0.15) is 0 Å². The van der Waals surface area contributed by atoms with Gasteiger partial charge in [-0.25, -0.2) is 9.97 Å². The zero-order chi connectivity index (χ0) is 13.8. The molecule has 0 bridgehead atoms. The molecule has 1 saturated heterocycles.